The monoisotopic (exact) mass is 351 g/mol. The van der Waals surface area contributed by atoms with E-state index >= 15 is 0 Å². The van der Waals surface area contributed by atoms with Crippen molar-refractivity contribution in [1.82, 2.24) is 5.32 Å². The van der Waals surface area contributed by atoms with E-state index in [2.05, 4.69) is 76.9 Å². The van der Waals surface area contributed by atoms with Crippen molar-refractivity contribution in [3.8, 4) is 0 Å². The van der Waals surface area contributed by atoms with Crippen LogP contribution in [0.4, 0.5) is 0 Å². The van der Waals surface area contributed by atoms with Gasteiger partial charge in [0.2, 0.25) is 0 Å². The molecule has 0 radical (unpaired) electrons. The van der Waals surface area contributed by atoms with Gasteiger partial charge < -0.3 is 5.32 Å². The molecule has 2 aromatic rings. The molecule has 0 aliphatic heterocycles. The summed E-state index contributed by atoms with van der Waals surface area (Å²) in [5.74, 6) is 0.578. The summed E-state index contributed by atoms with van der Waals surface area (Å²) in [6.45, 7) is 5.63. The van der Waals surface area contributed by atoms with Crippen LogP contribution >= 0.6 is 27.3 Å². The fourth-order valence-corrected chi connectivity index (χ4v) is 4.10. The van der Waals surface area contributed by atoms with Crippen molar-refractivity contribution in [2.24, 2.45) is 5.92 Å². The van der Waals surface area contributed by atoms with Gasteiger partial charge in [-0.05, 0) is 52.9 Å². The first-order valence-electron chi connectivity index (χ1n) is 7.22. The fraction of sp³-hybridized carbons (Fsp3) is 0.412. The molecule has 20 heavy (non-hydrogen) atoms. The minimum atomic E-state index is 0.428. The summed E-state index contributed by atoms with van der Waals surface area (Å²) in [5, 5.41) is 5.87. The van der Waals surface area contributed by atoms with E-state index in [-0.39, 0.29) is 0 Å². The molecule has 0 spiro atoms. The van der Waals surface area contributed by atoms with Gasteiger partial charge >= 0.3 is 0 Å². The normalized spacial score (nSPS) is 14.2. The molecule has 0 aliphatic carbocycles. The Kier molecular flexibility index (Phi) is 6.27. The van der Waals surface area contributed by atoms with Crippen molar-refractivity contribution in [2.75, 3.05) is 6.54 Å². The molecule has 2 unspecified atom stereocenters. The second-order valence-electron chi connectivity index (χ2n) is 5.26. The van der Waals surface area contributed by atoms with Gasteiger partial charge in [0.15, 0.2) is 0 Å². The number of benzene rings is 1. The van der Waals surface area contributed by atoms with Gasteiger partial charge in [0.1, 0.15) is 0 Å². The summed E-state index contributed by atoms with van der Waals surface area (Å²) in [7, 11) is 0. The summed E-state index contributed by atoms with van der Waals surface area (Å²) < 4.78 is 1.20. The Balaban J connectivity index is 2.09. The van der Waals surface area contributed by atoms with Gasteiger partial charge in [-0.1, -0.05) is 44.2 Å². The minimum Gasteiger partial charge on any atom is -0.310 e. The highest BCUT2D eigenvalue weighted by Crippen LogP contribution is 2.28. The SMILES string of the molecule is CCCNC(c1ccccc1)C(C)Cc1cc(Br)cs1. The van der Waals surface area contributed by atoms with E-state index in [1.165, 1.54) is 21.3 Å². The first-order valence-corrected chi connectivity index (χ1v) is 8.89. The third-order valence-corrected chi connectivity index (χ3v) is 5.21. The predicted octanol–water partition coefficient (Wildman–Crippen LogP) is 5.43. The molecule has 0 aliphatic rings. The van der Waals surface area contributed by atoms with Gasteiger partial charge in [-0.3, -0.25) is 0 Å². The third-order valence-electron chi connectivity index (χ3n) is 3.49. The third kappa shape index (κ3) is 4.44. The zero-order valence-electron chi connectivity index (χ0n) is 12.1. The number of thiophene rings is 1. The van der Waals surface area contributed by atoms with Gasteiger partial charge in [-0.15, -0.1) is 11.3 Å². The first-order chi connectivity index (χ1) is 9.70. The molecule has 2 atom stereocenters. The van der Waals surface area contributed by atoms with Crippen LogP contribution < -0.4 is 5.32 Å². The average Bonchev–Trinajstić information content (AvgIpc) is 2.86. The van der Waals surface area contributed by atoms with E-state index in [0.29, 0.717) is 12.0 Å². The van der Waals surface area contributed by atoms with Crippen molar-refractivity contribution < 1.29 is 0 Å². The maximum atomic E-state index is 3.71. The Morgan fingerprint density at radius 3 is 2.60 bits per heavy atom. The predicted molar refractivity (Wildman–Crippen MR) is 92.4 cm³/mol. The van der Waals surface area contributed by atoms with Crippen LogP contribution in [0, 0.1) is 5.92 Å². The zero-order valence-corrected chi connectivity index (χ0v) is 14.5. The topological polar surface area (TPSA) is 12.0 Å². The summed E-state index contributed by atoms with van der Waals surface area (Å²) in [4.78, 5) is 1.45. The highest BCUT2D eigenvalue weighted by Gasteiger charge is 2.19. The first kappa shape index (κ1) is 15.7. The molecule has 108 valence electrons. The standard InChI is InChI=1S/C17H22BrNS/c1-3-9-19-17(14-7-5-4-6-8-14)13(2)10-16-11-15(18)12-20-16/h4-8,11-13,17,19H,3,9-10H2,1-2H3. The van der Waals surface area contributed by atoms with Crippen molar-refractivity contribution in [3.05, 3.63) is 56.7 Å². The molecule has 0 fully saturated rings. The van der Waals surface area contributed by atoms with Crippen molar-refractivity contribution in [3.63, 3.8) is 0 Å². The molecule has 1 N–H and O–H groups in total. The minimum absolute atomic E-state index is 0.428. The largest absolute Gasteiger partial charge is 0.310 e. The second kappa shape index (κ2) is 7.96. The van der Waals surface area contributed by atoms with Gasteiger partial charge in [-0.25, -0.2) is 0 Å². The van der Waals surface area contributed by atoms with Crippen LogP contribution in [0.2, 0.25) is 0 Å². The number of hydrogen-bond acceptors (Lipinski definition) is 2. The Labute approximate surface area is 134 Å². The van der Waals surface area contributed by atoms with Crippen LogP contribution in [0.5, 0.6) is 0 Å². The molecular weight excluding hydrogens is 330 g/mol. The highest BCUT2D eigenvalue weighted by atomic mass is 79.9. The van der Waals surface area contributed by atoms with E-state index in [0.717, 1.165) is 13.0 Å². The molecule has 0 bridgehead atoms. The lowest BCUT2D eigenvalue weighted by molar-refractivity contribution is 0.386. The van der Waals surface area contributed by atoms with Gasteiger partial charge in [-0.2, -0.15) is 0 Å². The highest BCUT2D eigenvalue weighted by molar-refractivity contribution is 9.10. The fourth-order valence-electron chi connectivity index (χ4n) is 2.50. The lowest BCUT2D eigenvalue weighted by Crippen LogP contribution is -2.28. The maximum Gasteiger partial charge on any atom is 0.0349 e. The van der Waals surface area contributed by atoms with Crippen molar-refractivity contribution >= 4 is 27.3 Å². The van der Waals surface area contributed by atoms with E-state index in [1.54, 1.807) is 0 Å². The molecule has 0 saturated heterocycles. The van der Waals surface area contributed by atoms with Crippen molar-refractivity contribution in [1.29, 1.82) is 0 Å². The Morgan fingerprint density at radius 2 is 2.00 bits per heavy atom. The van der Waals surface area contributed by atoms with Crippen LogP contribution in [0.3, 0.4) is 0 Å². The number of rotatable bonds is 7. The summed E-state index contributed by atoms with van der Waals surface area (Å²) in [5.41, 5.74) is 1.39. The van der Waals surface area contributed by atoms with Gasteiger partial charge in [0, 0.05) is 20.8 Å². The zero-order chi connectivity index (χ0) is 14.4. The van der Waals surface area contributed by atoms with Crippen LogP contribution in [-0.2, 0) is 6.42 Å². The van der Waals surface area contributed by atoms with E-state index in [4.69, 9.17) is 0 Å². The van der Waals surface area contributed by atoms with E-state index < -0.39 is 0 Å². The van der Waals surface area contributed by atoms with Crippen LogP contribution in [-0.4, -0.2) is 6.54 Å². The van der Waals surface area contributed by atoms with E-state index in [9.17, 15) is 0 Å². The molecule has 3 heteroatoms. The summed E-state index contributed by atoms with van der Waals surface area (Å²) >= 11 is 5.38. The molecular formula is C17H22BrNS. The number of hydrogen-bond donors (Lipinski definition) is 1. The van der Waals surface area contributed by atoms with Gasteiger partial charge in [0.05, 0.1) is 0 Å². The smallest absolute Gasteiger partial charge is 0.0349 e. The van der Waals surface area contributed by atoms with Crippen LogP contribution in [0.1, 0.15) is 36.8 Å². The summed E-state index contributed by atoms with van der Waals surface area (Å²) in [6.07, 6.45) is 2.28. The Morgan fingerprint density at radius 1 is 1.25 bits per heavy atom. The molecule has 1 nitrogen and oxygen atoms in total. The number of halogens is 1. The average molecular weight is 352 g/mol. The number of nitrogens with one attached hydrogen (secondary N) is 1. The molecule has 1 aromatic carbocycles. The molecule has 1 aromatic heterocycles. The Bertz CT molecular complexity index is 509. The van der Waals surface area contributed by atoms with E-state index in [1.807, 2.05) is 11.3 Å². The second-order valence-corrected chi connectivity index (χ2v) is 7.17. The molecule has 1 heterocycles. The lowest BCUT2D eigenvalue weighted by atomic mass is 9.91. The van der Waals surface area contributed by atoms with Crippen molar-refractivity contribution in [2.45, 2.75) is 32.7 Å². The molecule has 0 saturated carbocycles. The lowest BCUT2D eigenvalue weighted by Gasteiger charge is -2.25. The molecule has 0 amide bonds. The van der Waals surface area contributed by atoms with Gasteiger partial charge in [0.25, 0.3) is 0 Å². The quantitative estimate of drug-likeness (QED) is 0.701. The van der Waals surface area contributed by atoms with Crippen LogP contribution in [0.15, 0.2) is 46.3 Å². The molecule has 2 rings (SSSR count). The van der Waals surface area contributed by atoms with Crippen LogP contribution in [0.25, 0.3) is 0 Å². The Hall–Kier alpha value is -0.640. The maximum absolute atomic E-state index is 3.71. The summed E-state index contributed by atoms with van der Waals surface area (Å²) in [6, 6.07) is 13.5.